The van der Waals surface area contributed by atoms with Gasteiger partial charge in [-0.25, -0.2) is 4.79 Å². The van der Waals surface area contributed by atoms with E-state index in [1.54, 1.807) is 18.2 Å². The van der Waals surface area contributed by atoms with Gasteiger partial charge in [-0.1, -0.05) is 11.6 Å². The van der Waals surface area contributed by atoms with E-state index in [4.69, 9.17) is 16.3 Å². The smallest absolute Gasteiger partial charge is 0.328 e. The summed E-state index contributed by atoms with van der Waals surface area (Å²) in [5, 5.41) is -0.0562. The molecule has 122 valence electrons. The molecule has 0 N–H and O–H groups in total. The number of amides is 2. The summed E-state index contributed by atoms with van der Waals surface area (Å²) in [6, 6.07) is 3.95. The predicted octanol–water partition coefficient (Wildman–Crippen LogP) is 2.95. The molecule has 0 spiro atoms. The maximum Gasteiger partial charge on any atom is 0.328 e. The lowest BCUT2D eigenvalue weighted by Crippen LogP contribution is -2.42. The number of esters is 1. The fraction of sp³-hybridized carbons (Fsp3) is 0.267. The van der Waals surface area contributed by atoms with Crippen LogP contribution in [0.3, 0.4) is 0 Å². The van der Waals surface area contributed by atoms with Gasteiger partial charge in [0, 0.05) is 10.6 Å². The Morgan fingerprint density at radius 2 is 2.04 bits per heavy atom. The molecule has 0 bridgehead atoms. The first-order valence-corrected chi connectivity index (χ1v) is 7.77. The van der Waals surface area contributed by atoms with Crippen LogP contribution in [0, 0.1) is 0 Å². The number of carbonyl (C=O) groups is 3. The molecule has 6 nitrogen and oxygen atoms in total. The average molecular weight is 356 g/mol. The number of rotatable bonds is 4. The molecule has 1 aliphatic heterocycles. The van der Waals surface area contributed by atoms with Crippen LogP contribution in [0.15, 0.2) is 23.1 Å². The van der Waals surface area contributed by atoms with Crippen LogP contribution >= 0.6 is 23.4 Å². The number of benzene rings is 1. The third kappa shape index (κ3) is 3.51. The second-order valence-electron chi connectivity index (χ2n) is 4.64. The van der Waals surface area contributed by atoms with Crippen molar-refractivity contribution in [2.75, 3.05) is 14.2 Å². The van der Waals surface area contributed by atoms with E-state index in [1.165, 1.54) is 27.2 Å². The molecular weight excluding hydrogens is 342 g/mol. The Labute approximate surface area is 142 Å². The van der Waals surface area contributed by atoms with Gasteiger partial charge in [0.15, 0.2) is 0 Å². The van der Waals surface area contributed by atoms with Crippen molar-refractivity contribution in [3.63, 3.8) is 0 Å². The summed E-state index contributed by atoms with van der Waals surface area (Å²) in [5.41, 5.74) is 0.566. The molecular formula is C15H14ClNO5S. The monoisotopic (exact) mass is 355 g/mol. The fourth-order valence-corrected chi connectivity index (χ4v) is 3.13. The predicted molar refractivity (Wildman–Crippen MR) is 87.3 cm³/mol. The van der Waals surface area contributed by atoms with E-state index in [0.717, 1.165) is 16.7 Å². The lowest BCUT2D eigenvalue weighted by atomic mass is 10.1. The van der Waals surface area contributed by atoms with Crippen molar-refractivity contribution in [3.8, 4) is 5.75 Å². The number of hydrogen-bond acceptors (Lipinski definition) is 6. The number of thioether (sulfide) groups is 1. The van der Waals surface area contributed by atoms with Gasteiger partial charge in [0.25, 0.3) is 11.1 Å². The van der Waals surface area contributed by atoms with Crippen LogP contribution in [-0.2, 0) is 14.3 Å². The largest absolute Gasteiger partial charge is 0.496 e. The topological polar surface area (TPSA) is 72.9 Å². The third-order valence-electron chi connectivity index (χ3n) is 3.23. The number of imide groups is 1. The number of nitrogens with zero attached hydrogens (tertiary/aromatic N) is 1. The van der Waals surface area contributed by atoms with Crippen LogP contribution in [0.25, 0.3) is 6.08 Å². The third-order valence-corrected chi connectivity index (χ3v) is 4.35. The van der Waals surface area contributed by atoms with E-state index < -0.39 is 23.2 Å². The number of ether oxygens (including phenoxy) is 2. The Morgan fingerprint density at radius 1 is 1.35 bits per heavy atom. The van der Waals surface area contributed by atoms with E-state index in [0.29, 0.717) is 16.3 Å². The number of hydrogen-bond donors (Lipinski definition) is 0. The van der Waals surface area contributed by atoms with Gasteiger partial charge in [0.2, 0.25) is 0 Å². The minimum Gasteiger partial charge on any atom is -0.496 e. The highest BCUT2D eigenvalue weighted by Gasteiger charge is 2.41. The maximum atomic E-state index is 12.4. The van der Waals surface area contributed by atoms with Gasteiger partial charge in [-0.2, -0.15) is 0 Å². The Morgan fingerprint density at radius 3 is 2.65 bits per heavy atom. The summed E-state index contributed by atoms with van der Waals surface area (Å²) in [6.07, 6.45) is 1.51. The number of halogens is 1. The SMILES string of the molecule is COC(=O)[C@H](C)N1C(=O)S/C(=C\c2cc(Cl)ccc2OC)C1=O. The van der Waals surface area contributed by atoms with Gasteiger partial charge in [0.1, 0.15) is 11.8 Å². The molecule has 1 aromatic rings. The lowest BCUT2D eigenvalue weighted by Gasteiger charge is -2.18. The zero-order chi connectivity index (χ0) is 17.1. The molecule has 1 saturated heterocycles. The second kappa shape index (κ2) is 7.06. The van der Waals surface area contributed by atoms with Crippen LogP contribution in [0.1, 0.15) is 12.5 Å². The summed E-state index contributed by atoms with van der Waals surface area (Å²) in [4.78, 5) is 37.1. The van der Waals surface area contributed by atoms with E-state index in [-0.39, 0.29) is 4.91 Å². The first kappa shape index (κ1) is 17.4. The highest BCUT2D eigenvalue weighted by Crippen LogP contribution is 2.35. The molecule has 1 aromatic carbocycles. The Balaban J connectivity index is 2.36. The van der Waals surface area contributed by atoms with E-state index in [9.17, 15) is 14.4 Å². The van der Waals surface area contributed by atoms with Gasteiger partial charge in [-0.05, 0) is 43.0 Å². The molecule has 8 heteroatoms. The fourth-order valence-electron chi connectivity index (χ4n) is 2.05. The zero-order valence-corrected chi connectivity index (χ0v) is 14.2. The molecule has 0 aliphatic carbocycles. The standard InChI is InChI=1S/C15H14ClNO5S/c1-8(14(19)22-3)17-13(18)12(23-15(17)20)7-9-6-10(16)4-5-11(9)21-2/h4-8H,1-3H3/b12-7-/t8-/m0/s1. The van der Waals surface area contributed by atoms with Crippen LogP contribution in [0.4, 0.5) is 4.79 Å². The van der Waals surface area contributed by atoms with Gasteiger partial charge in [0.05, 0.1) is 19.1 Å². The minimum absolute atomic E-state index is 0.186. The van der Waals surface area contributed by atoms with Gasteiger partial charge in [-0.15, -0.1) is 0 Å². The highest BCUT2D eigenvalue weighted by molar-refractivity contribution is 8.18. The average Bonchev–Trinajstić information content (AvgIpc) is 2.80. The molecule has 2 rings (SSSR count). The quantitative estimate of drug-likeness (QED) is 0.610. The van der Waals surface area contributed by atoms with Crippen molar-refractivity contribution in [2.24, 2.45) is 0 Å². The second-order valence-corrected chi connectivity index (χ2v) is 6.07. The molecule has 0 unspecified atom stereocenters. The van der Waals surface area contributed by atoms with Crippen molar-refractivity contribution in [2.45, 2.75) is 13.0 Å². The highest BCUT2D eigenvalue weighted by atomic mass is 35.5. The molecule has 23 heavy (non-hydrogen) atoms. The van der Waals surface area contributed by atoms with Crippen LogP contribution < -0.4 is 4.74 Å². The minimum atomic E-state index is -0.986. The molecule has 0 saturated carbocycles. The molecule has 2 amide bonds. The van der Waals surface area contributed by atoms with Crippen LogP contribution in [-0.4, -0.2) is 42.3 Å². The van der Waals surface area contributed by atoms with Crippen LogP contribution in [0.2, 0.25) is 5.02 Å². The molecule has 0 aromatic heterocycles. The molecule has 1 fully saturated rings. The van der Waals surface area contributed by atoms with E-state index in [2.05, 4.69) is 4.74 Å². The molecule has 1 atom stereocenters. The summed E-state index contributed by atoms with van der Waals surface area (Å²) in [6.45, 7) is 1.44. The van der Waals surface area contributed by atoms with Crippen molar-refractivity contribution < 1.29 is 23.9 Å². The van der Waals surface area contributed by atoms with Crippen molar-refractivity contribution in [3.05, 3.63) is 33.7 Å². The summed E-state index contributed by atoms with van der Waals surface area (Å²) in [5.74, 6) is -0.698. The molecule has 1 aliphatic rings. The van der Waals surface area contributed by atoms with Crippen molar-refractivity contribution in [1.82, 2.24) is 4.90 Å². The van der Waals surface area contributed by atoms with Crippen LogP contribution in [0.5, 0.6) is 5.75 Å². The molecule has 0 radical (unpaired) electrons. The Hall–Kier alpha value is -1.99. The number of methoxy groups -OCH3 is 2. The number of carbonyl (C=O) groups excluding carboxylic acids is 3. The molecule has 1 heterocycles. The van der Waals surface area contributed by atoms with Gasteiger partial charge in [-0.3, -0.25) is 14.5 Å². The Kier molecular flexibility index (Phi) is 5.33. The van der Waals surface area contributed by atoms with E-state index >= 15 is 0 Å². The Bertz CT molecular complexity index is 703. The summed E-state index contributed by atoms with van der Waals surface area (Å²) in [7, 11) is 2.69. The van der Waals surface area contributed by atoms with Crippen molar-refractivity contribution in [1.29, 1.82) is 0 Å². The first-order chi connectivity index (χ1) is 10.9. The summed E-state index contributed by atoms with van der Waals surface area (Å²) >= 11 is 6.70. The normalized spacial score (nSPS) is 17.6. The summed E-state index contributed by atoms with van der Waals surface area (Å²) < 4.78 is 9.78. The van der Waals surface area contributed by atoms with Gasteiger partial charge < -0.3 is 9.47 Å². The first-order valence-electron chi connectivity index (χ1n) is 6.57. The maximum absolute atomic E-state index is 12.4. The zero-order valence-electron chi connectivity index (χ0n) is 12.7. The lowest BCUT2D eigenvalue weighted by molar-refractivity contribution is -0.148. The van der Waals surface area contributed by atoms with Crippen molar-refractivity contribution >= 4 is 46.6 Å². The van der Waals surface area contributed by atoms with E-state index in [1.807, 2.05) is 0 Å². The van der Waals surface area contributed by atoms with Gasteiger partial charge >= 0.3 is 5.97 Å².